The van der Waals surface area contributed by atoms with Gasteiger partial charge in [0.2, 0.25) is 5.89 Å². The van der Waals surface area contributed by atoms with Crippen molar-refractivity contribution < 1.29 is 4.52 Å². The predicted molar refractivity (Wildman–Crippen MR) is 73.3 cm³/mol. The van der Waals surface area contributed by atoms with E-state index in [1.54, 1.807) is 0 Å². The van der Waals surface area contributed by atoms with Gasteiger partial charge in [0.25, 0.3) is 0 Å². The van der Waals surface area contributed by atoms with Crippen molar-refractivity contribution in [1.82, 2.24) is 15.5 Å². The van der Waals surface area contributed by atoms with Crippen molar-refractivity contribution in [3.8, 4) is 0 Å². The number of nitrogens with zero attached hydrogens (tertiary/aromatic N) is 2. The minimum absolute atomic E-state index is 0.548. The highest BCUT2D eigenvalue weighted by Crippen LogP contribution is 2.06. The molecule has 0 radical (unpaired) electrons. The average Bonchev–Trinajstić information content (AvgIpc) is 2.78. The average molecular weight is 308 g/mol. The molecular formula is C13H14BrN3O. The molecule has 0 aliphatic heterocycles. The highest BCUT2D eigenvalue weighted by atomic mass is 79.9. The maximum atomic E-state index is 5.15. The topological polar surface area (TPSA) is 51.0 Å². The van der Waals surface area contributed by atoms with Gasteiger partial charge in [0.1, 0.15) is 0 Å². The molecule has 18 heavy (non-hydrogen) atoms. The third kappa shape index (κ3) is 4.09. The third-order valence-corrected chi connectivity index (χ3v) is 2.59. The first-order chi connectivity index (χ1) is 8.74. The van der Waals surface area contributed by atoms with E-state index in [2.05, 4.69) is 38.0 Å². The summed E-state index contributed by atoms with van der Waals surface area (Å²) in [5.41, 5.74) is 1.17. The fourth-order valence-corrected chi connectivity index (χ4v) is 1.72. The molecule has 5 heteroatoms. The SMILES string of the molecule is C=C(Br)CNCc1nc(Cc2ccccc2)no1. The fraction of sp³-hybridized carbons (Fsp3) is 0.231. The van der Waals surface area contributed by atoms with Gasteiger partial charge in [-0.25, -0.2) is 0 Å². The summed E-state index contributed by atoms with van der Waals surface area (Å²) < 4.78 is 6.05. The van der Waals surface area contributed by atoms with E-state index >= 15 is 0 Å². The molecule has 0 bridgehead atoms. The summed E-state index contributed by atoms with van der Waals surface area (Å²) in [5.74, 6) is 1.30. The molecule has 4 nitrogen and oxygen atoms in total. The molecule has 1 heterocycles. The molecule has 1 N–H and O–H groups in total. The van der Waals surface area contributed by atoms with Crippen LogP contribution in [0.4, 0.5) is 0 Å². The lowest BCUT2D eigenvalue weighted by Gasteiger charge is -1.97. The number of benzene rings is 1. The number of hydrogen-bond donors (Lipinski definition) is 1. The summed E-state index contributed by atoms with van der Waals surface area (Å²) in [6.07, 6.45) is 0.690. The van der Waals surface area contributed by atoms with Gasteiger partial charge >= 0.3 is 0 Å². The molecule has 0 amide bonds. The second-order valence-electron chi connectivity index (χ2n) is 3.89. The Balaban J connectivity index is 1.88. The third-order valence-electron chi connectivity index (χ3n) is 2.31. The molecule has 1 aromatic heterocycles. The number of hydrogen-bond acceptors (Lipinski definition) is 4. The Labute approximate surface area is 114 Å². The van der Waals surface area contributed by atoms with Crippen LogP contribution < -0.4 is 5.32 Å². The van der Waals surface area contributed by atoms with E-state index in [0.29, 0.717) is 31.2 Å². The van der Waals surface area contributed by atoms with Crippen LogP contribution in [0.5, 0.6) is 0 Å². The first-order valence-electron chi connectivity index (χ1n) is 5.63. The smallest absolute Gasteiger partial charge is 0.240 e. The van der Waals surface area contributed by atoms with Crippen molar-refractivity contribution in [2.45, 2.75) is 13.0 Å². The molecule has 0 fully saturated rings. The van der Waals surface area contributed by atoms with Crippen LogP contribution in [0.25, 0.3) is 0 Å². The number of halogens is 1. The van der Waals surface area contributed by atoms with E-state index in [1.165, 1.54) is 5.56 Å². The number of aromatic nitrogens is 2. The van der Waals surface area contributed by atoms with E-state index < -0.39 is 0 Å². The first-order valence-corrected chi connectivity index (χ1v) is 6.43. The Morgan fingerprint density at radius 2 is 2.11 bits per heavy atom. The zero-order chi connectivity index (χ0) is 12.8. The van der Waals surface area contributed by atoms with E-state index in [9.17, 15) is 0 Å². The van der Waals surface area contributed by atoms with Crippen LogP contribution in [0.1, 0.15) is 17.3 Å². The minimum atomic E-state index is 0.548. The molecule has 0 spiro atoms. The highest BCUT2D eigenvalue weighted by Gasteiger charge is 2.06. The van der Waals surface area contributed by atoms with E-state index in [-0.39, 0.29) is 0 Å². The van der Waals surface area contributed by atoms with Gasteiger partial charge in [-0.2, -0.15) is 4.98 Å². The van der Waals surface area contributed by atoms with Gasteiger partial charge in [0, 0.05) is 17.4 Å². The summed E-state index contributed by atoms with van der Waals surface area (Å²) in [4.78, 5) is 4.32. The monoisotopic (exact) mass is 307 g/mol. The van der Waals surface area contributed by atoms with Crippen molar-refractivity contribution in [3.63, 3.8) is 0 Å². The molecule has 0 unspecified atom stereocenters. The lowest BCUT2D eigenvalue weighted by molar-refractivity contribution is 0.366. The van der Waals surface area contributed by atoms with Crippen molar-refractivity contribution in [2.75, 3.05) is 6.54 Å². The predicted octanol–water partition coefficient (Wildman–Crippen LogP) is 2.66. The largest absolute Gasteiger partial charge is 0.338 e. The second-order valence-corrected chi connectivity index (χ2v) is 5.01. The van der Waals surface area contributed by atoms with Crippen LogP contribution in [-0.2, 0) is 13.0 Å². The van der Waals surface area contributed by atoms with Crippen molar-refractivity contribution in [2.24, 2.45) is 0 Å². The molecule has 0 saturated heterocycles. The zero-order valence-corrected chi connectivity index (χ0v) is 11.5. The van der Waals surface area contributed by atoms with E-state index in [4.69, 9.17) is 4.52 Å². The van der Waals surface area contributed by atoms with Gasteiger partial charge in [-0.1, -0.05) is 58.0 Å². The van der Waals surface area contributed by atoms with Crippen LogP contribution in [0.15, 0.2) is 45.9 Å². The van der Waals surface area contributed by atoms with Gasteiger partial charge in [-0.15, -0.1) is 0 Å². The Morgan fingerprint density at radius 3 is 2.83 bits per heavy atom. The number of rotatable bonds is 6. The van der Waals surface area contributed by atoms with E-state index in [1.807, 2.05) is 30.3 Å². The minimum Gasteiger partial charge on any atom is -0.338 e. The van der Waals surface area contributed by atoms with Crippen LogP contribution in [0.2, 0.25) is 0 Å². The fourth-order valence-electron chi connectivity index (χ4n) is 1.52. The lowest BCUT2D eigenvalue weighted by Crippen LogP contribution is -2.14. The van der Waals surface area contributed by atoms with Crippen molar-refractivity contribution in [3.05, 3.63) is 58.7 Å². The Hall–Kier alpha value is -1.46. The van der Waals surface area contributed by atoms with Crippen LogP contribution >= 0.6 is 15.9 Å². The van der Waals surface area contributed by atoms with Crippen LogP contribution in [0, 0.1) is 0 Å². The van der Waals surface area contributed by atoms with Gasteiger partial charge in [-0.05, 0) is 5.56 Å². The van der Waals surface area contributed by atoms with Crippen LogP contribution in [0.3, 0.4) is 0 Å². The Bertz CT molecular complexity index is 510. The van der Waals surface area contributed by atoms with Gasteiger partial charge < -0.3 is 9.84 Å². The maximum Gasteiger partial charge on any atom is 0.240 e. The van der Waals surface area contributed by atoms with Gasteiger partial charge in [-0.3, -0.25) is 0 Å². The number of nitrogens with one attached hydrogen (secondary N) is 1. The summed E-state index contributed by atoms with van der Waals surface area (Å²) in [6.45, 7) is 4.96. The lowest BCUT2D eigenvalue weighted by atomic mass is 10.1. The highest BCUT2D eigenvalue weighted by molar-refractivity contribution is 9.11. The van der Waals surface area contributed by atoms with Crippen molar-refractivity contribution >= 4 is 15.9 Å². The Kier molecular flexibility index (Phi) is 4.66. The van der Waals surface area contributed by atoms with Crippen LogP contribution in [-0.4, -0.2) is 16.7 Å². The molecule has 94 valence electrons. The standard InChI is InChI=1S/C13H14BrN3O/c1-10(14)8-15-9-13-16-12(17-18-13)7-11-5-3-2-4-6-11/h2-6,15H,1,7-9H2. The summed E-state index contributed by atoms with van der Waals surface area (Å²) in [5, 5.41) is 7.08. The molecule has 0 aliphatic carbocycles. The molecule has 2 aromatic rings. The molecule has 2 rings (SSSR count). The first kappa shape index (κ1) is 13.0. The Morgan fingerprint density at radius 1 is 1.33 bits per heavy atom. The second kappa shape index (κ2) is 6.47. The quantitative estimate of drug-likeness (QED) is 0.891. The maximum absolute atomic E-state index is 5.15. The molecular weight excluding hydrogens is 294 g/mol. The van der Waals surface area contributed by atoms with Gasteiger partial charge in [0.05, 0.1) is 6.54 Å². The normalized spacial score (nSPS) is 10.5. The summed E-state index contributed by atoms with van der Waals surface area (Å²) in [7, 11) is 0. The molecule has 0 aliphatic rings. The molecule has 0 saturated carbocycles. The summed E-state index contributed by atoms with van der Waals surface area (Å²) >= 11 is 3.27. The molecule has 1 aromatic carbocycles. The van der Waals surface area contributed by atoms with Crippen molar-refractivity contribution in [1.29, 1.82) is 0 Å². The zero-order valence-electron chi connectivity index (χ0n) is 9.90. The van der Waals surface area contributed by atoms with E-state index in [0.717, 1.165) is 4.48 Å². The van der Waals surface area contributed by atoms with Gasteiger partial charge in [0.15, 0.2) is 5.82 Å². The summed E-state index contributed by atoms with van der Waals surface area (Å²) in [6, 6.07) is 10.1. The molecule has 0 atom stereocenters.